The van der Waals surface area contributed by atoms with Crippen molar-refractivity contribution in [2.45, 2.75) is 12.5 Å². The molecule has 1 saturated heterocycles. The van der Waals surface area contributed by atoms with Crippen molar-refractivity contribution >= 4 is 35.5 Å². The highest BCUT2D eigenvalue weighted by atomic mass is 16.5. The van der Waals surface area contributed by atoms with Gasteiger partial charge < -0.3 is 26.4 Å². The first-order valence-corrected chi connectivity index (χ1v) is 10.5. The Kier molecular flexibility index (Phi) is 7.80. The molecule has 5 N–H and O–H groups in total. The molecule has 1 atom stereocenters. The monoisotopic (exact) mass is 466 g/mol. The van der Waals surface area contributed by atoms with E-state index in [2.05, 4.69) is 10.3 Å². The van der Waals surface area contributed by atoms with E-state index < -0.39 is 23.9 Å². The maximum absolute atomic E-state index is 12.9. The van der Waals surface area contributed by atoms with Gasteiger partial charge in [-0.05, 0) is 36.2 Å². The minimum atomic E-state index is -1.15. The summed E-state index contributed by atoms with van der Waals surface area (Å²) in [5.41, 5.74) is 12.1. The third-order valence-corrected chi connectivity index (χ3v) is 5.15. The van der Waals surface area contributed by atoms with Crippen LogP contribution in [0.15, 0.2) is 59.6 Å². The minimum Gasteiger partial charge on any atom is -0.467 e. The molecule has 0 saturated carbocycles. The Hall–Kier alpha value is -4.41. The summed E-state index contributed by atoms with van der Waals surface area (Å²) >= 11 is 0. The van der Waals surface area contributed by atoms with Gasteiger partial charge in [0.05, 0.1) is 12.8 Å². The summed E-state index contributed by atoms with van der Waals surface area (Å²) in [6.07, 6.45) is 0.416. The highest BCUT2D eigenvalue weighted by Gasteiger charge is 2.44. The fraction of sp³-hybridized carbons (Fsp3) is 0.261. The van der Waals surface area contributed by atoms with Crippen LogP contribution < -0.4 is 16.8 Å². The summed E-state index contributed by atoms with van der Waals surface area (Å²) in [6.45, 7) is 0.360. The van der Waals surface area contributed by atoms with Gasteiger partial charge in [-0.15, -0.1) is 0 Å². The van der Waals surface area contributed by atoms with Crippen LogP contribution in [-0.4, -0.2) is 66.3 Å². The zero-order valence-electron chi connectivity index (χ0n) is 18.6. The van der Waals surface area contributed by atoms with E-state index in [1.807, 2.05) is 0 Å². The third-order valence-electron chi connectivity index (χ3n) is 5.15. The predicted octanol–water partition coefficient (Wildman–Crippen LogP) is 0.890. The molecule has 34 heavy (non-hydrogen) atoms. The lowest BCUT2D eigenvalue weighted by Crippen LogP contribution is -2.41. The number of nitrogens with zero attached hydrogens (tertiary/aromatic N) is 3. The molecule has 0 spiro atoms. The summed E-state index contributed by atoms with van der Waals surface area (Å²) in [4.78, 5) is 56.4. The fourth-order valence-electron chi connectivity index (χ4n) is 3.54. The number of esters is 1. The second kappa shape index (κ2) is 10.9. The van der Waals surface area contributed by atoms with Crippen LogP contribution >= 0.6 is 0 Å². The number of hydrogen-bond donors (Lipinski definition) is 3. The number of rotatable bonds is 9. The van der Waals surface area contributed by atoms with Gasteiger partial charge >= 0.3 is 12.0 Å². The molecule has 4 amide bonds. The summed E-state index contributed by atoms with van der Waals surface area (Å²) in [6, 6.07) is 13.2. The van der Waals surface area contributed by atoms with Gasteiger partial charge in [-0.25, -0.2) is 19.5 Å². The maximum atomic E-state index is 12.9. The second-order valence-corrected chi connectivity index (χ2v) is 7.50. The van der Waals surface area contributed by atoms with E-state index >= 15 is 0 Å². The van der Waals surface area contributed by atoms with E-state index in [0.717, 1.165) is 4.90 Å². The van der Waals surface area contributed by atoms with E-state index in [1.165, 1.54) is 12.0 Å². The summed E-state index contributed by atoms with van der Waals surface area (Å²) in [7, 11) is 1.21. The van der Waals surface area contributed by atoms with Gasteiger partial charge in [-0.2, -0.15) is 0 Å². The number of nitrogens with one attached hydrogen (secondary N) is 1. The Balaban J connectivity index is 1.55. The first kappa shape index (κ1) is 24.2. The Labute approximate surface area is 196 Å². The maximum Gasteiger partial charge on any atom is 0.333 e. The Morgan fingerprint density at radius 2 is 1.76 bits per heavy atom. The molecule has 3 rings (SSSR count). The number of carbonyl (C=O) groups excluding carboxylic acids is 4. The first-order chi connectivity index (χ1) is 16.3. The van der Waals surface area contributed by atoms with E-state index in [0.29, 0.717) is 23.2 Å². The second-order valence-electron chi connectivity index (χ2n) is 7.50. The van der Waals surface area contributed by atoms with E-state index in [1.54, 1.807) is 54.6 Å². The smallest absolute Gasteiger partial charge is 0.333 e. The van der Waals surface area contributed by atoms with Crippen molar-refractivity contribution < 1.29 is 23.9 Å². The number of carbonyl (C=O) groups is 4. The largest absolute Gasteiger partial charge is 0.467 e. The number of urea groups is 1. The van der Waals surface area contributed by atoms with Crippen molar-refractivity contribution in [3.63, 3.8) is 0 Å². The molecule has 2 aromatic carbocycles. The van der Waals surface area contributed by atoms with Gasteiger partial charge in [0, 0.05) is 18.7 Å². The van der Waals surface area contributed by atoms with Gasteiger partial charge in [0.15, 0.2) is 12.0 Å². The van der Waals surface area contributed by atoms with Gasteiger partial charge in [0.25, 0.3) is 11.8 Å². The van der Waals surface area contributed by atoms with Crippen LogP contribution in [0.3, 0.4) is 0 Å². The molecule has 1 aliphatic heterocycles. The predicted molar refractivity (Wildman–Crippen MR) is 124 cm³/mol. The number of guanidine groups is 1. The quantitative estimate of drug-likeness (QED) is 0.163. The van der Waals surface area contributed by atoms with Crippen molar-refractivity contribution in [3.8, 4) is 0 Å². The summed E-state index contributed by atoms with van der Waals surface area (Å²) < 4.78 is 4.83. The van der Waals surface area contributed by atoms with E-state index in [4.69, 9.17) is 16.2 Å². The van der Waals surface area contributed by atoms with Crippen LogP contribution in [0, 0.1) is 0 Å². The lowest BCUT2D eigenvalue weighted by atomic mass is 10.1. The lowest BCUT2D eigenvalue weighted by molar-refractivity contribution is -0.149. The molecule has 11 nitrogen and oxygen atoms in total. The molecule has 0 aromatic heterocycles. The van der Waals surface area contributed by atoms with Crippen molar-refractivity contribution in [3.05, 3.63) is 65.7 Å². The van der Waals surface area contributed by atoms with Gasteiger partial charge in [-0.3, -0.25) is 9.59 Å². The normalized spacial score (nSPS) is 14.0. The molecule has 1 fully saturated rings. The summed E-state index contributed by atoms with van der Waals surface area (Å²) in [5.74, 6) is -1.56. The highest BCUT2D eigenvalue weighted by molar-refractivity contribution is 6.05. The molecule has 0 radical (unpaired) electrons. The lowest BCUT2D eigenvalue weighted by Gasteiger charge is -2.24. The zero-order chi connectivity index (χ0) is 24.7. The minimum absolute atomic E-state index is 0.0765. The number of nitrogens with two attached hydrogens (primary N) is 2. The van der Waals surface area contributed by atoms with Crippen molar-refractivity contribution in [1.82, 2.24) is 15.1 Å². The van der Waals surface area contributed by atoms with Gasteiger partial charge in [-0.1, -0.05) is 30.3 Å². The average molecular weight is 466 g/mol. The fourth-order valence-corrected chi connectivity index (χ4v) is 3.54. The van der Waals surface area contributed by atoms with Crippen molar-refractivity contribution in [2.75, 3.05) is 26.7 Å². The molecular weight excluding hydrogens is 440 g/mol. The topological polar surface area (TPSA) is 160 Å². The number of methoxy groups -OCH3 is 1. The third kappa shape index (κ3) is 5.68. The number of hydrogen-bond acceptors (Lipinski definition) is 6. The number of amides is 4. The van der Waals surface area contributed by atoms with Gasteiger partial charge in [0.1, 0.15) is 6.54 Å². The van der Waals surface area contributed by atoms with E-state index in [9.17, 15) is 19.2 Å². The summed E-state index contributed by atoms with van der Waals surface area (Å²) in [5, 5.41) is 2.76. The SMILES string of the molecule is COC(=O)C(c1ccccc1)N1C(=O)CN(CCCNC(=O)c2ccc(N=C(N)N)cc2)C1=O. The zero-order valence-corrected chi connectivity index (χ0v) is 18.6. The highest BCUT2D eigenvalue weighted by Crippen LogP contribution is 2.27. The van der Waals surface area contributed by atoms with Crippen LogP contribution in [0.4, 0.5) is 10.5 Å². The molecule has 0 aliphatic carbocycles. The Morgan fingerprint density at radius 3 is 2.38 bits per heavy atom. The molecule has 1 aliphatic rings. The van der Waals surface area contributed by atoms with Crippen LogP contribution in [0.5, 0.6) is 0 Å². The average Bonchev–Trinajstić information content (AvgIpc) is 3.10. The molecular formula is C23H26N6O5. The Morgan fingerprint density at radius 1 is 1.09 bits per heavy atom. The number of imide groups is 1. The number of ether oxygens (including phenoxy) is 1. The van der Waals surface area contributed by atoms with Crippen molar-refractivity contribution in [2.24, 2.45) is 16.5 Å². The van der Waals surface area contributed by atoms with Crippen LogP contribution in [-0.2, 0) is 14.3 Å². The molecule has 1 heterocycles. The van der Waals surface area contributed by atoms with Gasteiger partial charge in [0.2, 0.25) is 0 Å². The Bertz CT molecular complexity index is 1080. The van der Waals surface area contributed by atoms with Crippen LogP contribution in [0.2, 0.25) is 0 Å². The molecule has 0 bridgehead atoms. The van der Waals surface area contributed by atoms with Crippen LogP contribution in [0.25, 0.3) is 0 Å². The van der Waals surface area contributed by atoms with Crippen LogP contribution in [0.1, 0.15) is 28.4 Å². The molecule has 1 unspecified atom stereocenters. The molecule has 11 heteroatoms. The number of aliphatic imine (C=N–C) groups is 1. The standard InChI is InChI=1S/C23H26N6O5/c1-34-21(32)19(15-6-3-2-4-7-15)29-18(30)14-28(23(29)33)13-5-12-26-20(31)16-8-10-17(11-9-16)27-22(24)25/h2-4,6-11,19H,5,12-14H2,1H3,(H,26,31)(H4,24,25,27). The van der Waals surface area contributed by atoms with Crippen molar-refractivity contribution in [1.29, 1.82) is 0 Å². The molecule has 178 valence electrons. The molecule has 2 aromatic rings. The number of benzene rings is 2. The first-order valence-electron chi connectivity index (χ1n) is 10.5. The van der Waals surface area contributed by atoms with E-state index in [-0.39, 0.29) is 31.5 Å².